The number of ether oxygens (including phenoxy) is 3. The summed E-state index contributed by atoms with van der Waals surface area (Å²) in [5, 5.41) is 3.16. The van der Waals surface area contributed by atoms with E-state index in [1.807, 2.05) is 39.0 Å². The van der Waals surface area contributed by atoms with Crippen LogP contribution in [-0.2, 0) is 22.3 Å². The Morgan fingerprint density at radius 1 is 1.09 bits per heavy atom. The van der Waals surface area contributed by atoms with Gasteiger partial charge in [-0.3, -0.25) is 0 Å². The number of carbonyl (C=O) groups excluding carboxylic acids is 1. The van der Waals surface area contributed by atoms with Gasteiger partial charge in [-0.1, -0.05) is 50.3 Å². The summed E-state index contributed by atoms with van der Waals surface area (Å²) < 4.78 is 55.8. The first-order chi connectivity index (χ1) is 16.0. The number of allylic oxidation sites excluding steroid dienone is 3. The molecule has 0 saturated heterocycles. The Labute approximate surface area is 197 Å². The molecule has 8 heteroatoms. The molecule has 1 atom stereocenters. The van der Waals surface area contributed by atoms with E-state index in [9.17, 15) is 18.0 Å². The Kier molecular flexibility index (Phi) is 7.91. The second-order valence-electron chi connectivity index (χ2n) is 8.52. The summed E-state index contributed by atoms with van der Waals surface area (Å²) in [6.07, 6.45) is -3.33. The van der Waals surface area contributed by atoms with Gasteiger partial charge in [-0.15, -0.1) is 0 Å². The summed E-state index contributed by atoms with van der Waals surface area (Å²) in [4.78, 5) is 12.3. The van der Waals surface area contributed by atoms with Gasteiger partial charge in [0.25, 0.3) is 0 Å². The first-order valence-corrected chi connectivity index (χ1v) is 10.9. The fourth-order valence-electron chi connectivity index (χ4n) is 3.55. The number of para-hydroxylation sites is 1. The molecule has 1 aliphatic heterocycles. The lowest BCUT2D eigenvalue weighted by molar-refractivity contribution is -0.137. The van der Waals surface area contributed by atoms with Crippen molar-refractivity contribution in [1.29, 1.82) is 0 Å². The average molecular weight is 476 g/mol. The van der Waals surface area contributed by atoms with Crippen LogP contribution in [0.3, 0.4) is 0 Å². The van der Waals surface area contributed by atoms with Gasteiger partial charge in [0.15, 0.2) is 0 Å². The molecule has 0 radical (unpaired) electrons. The third-order valence-corrected chi connectivity index (χ3v) is 5.08. The highest BCUT2D eigenvalue weighted by atomic mass is 19.4. The predicted molar refractivity (Wildman–Crippen MR) is 122 cm³/mol. The van der Waals surface area contributed by atoms with E-state index in [0.717, 1.165) is 17.8 Å². The van der Waals surface area contributed by atoms with Crippen LogP contribution in [0, 0.1) is 5.92 Å². The van der Waals surface area contributed by atoms with Crippen LogP contribution in [0.4, 0.5) is 18.0 Å². The number of hydrogen-bond acceptors (Lipinski definition) is 5. The van der Waals surface area contributed by atoms with Crippen LogP contribution in [0.2, 0.25) is 0 Å². The number of halogens is 3. The maximum absolute atomic E-state index is 13.0. The maximum Gasteiger partial charge on any atom is 0.513 e. The van der Waals surface area contributed by atoms with Crippen LogP contribution in [0.25, 0.3) is 0 Å². The van der Waals surface area contributed by atoms with Crippen LogP contribution in [-0.4, -0.2) is 12.8 Å². The van der Waals surface area contributed by atoms with Crippen molar-refractivity contribution in [3.63, 3.8) is 0 Å². The van der Waals surface area contributed by atoms with Crippen LogP contribution < -0.4 is 10.1 Å². The quantitative estimate of drug-likeness (QED) is 0.441. The minimum Gasteiger partial charge on any atom is -0.489 e. The van der Waals surface area contributed by atoms with Crippen LogP contribution in [0.1, 0.15) is 50.3 Å². The van der Waals surface area contributed by atoms with Crippen molar-refractivity contribution in [3.8, 4) is 5.75 Å². The average Bonchev–Trinajstić information content (AvgIpc) is 2.78. The van der Waals surface area contributed by atoms with Crippen molar-refractivity contribution >= 4 is 6.16 Å². The highest BCUT2D eigenvalue weighted by Crippen LogP contribution is 2.38. The molecule has 2 aromatic carbocycles. The zero-order valence-corrected chi connectivity index (χ0v) is 19.5. The van der Waals surface area contributed by atoms with Crippen LogP contribution in [0.15, 0.2) is 71.8 Å². The summed E-state index contributed by atoms with van der Waals surface area (Å²) >= 11 is 0. The van der Waals surface area contributed by atoms with Crippen molar-refractivity contribution in [2.24, 2.45) is 5.92 Å². The third-order valence-electron chi connectivity index (χ3n) is 5.08. The minimum absolute atomic E-state index is 0.0517. The zero-order valence-electron chi connectivity index (χ0n) is 19.5. The van der Waals surface area contributed by atoms with Crippen molar-refractivity contribution in [3.05, 3.63) is 88.5 Å². The van der Waals surface area contributed by atoms with Gasteiger partial charge in [0.1, 0.15) is 18.1 Å². The predicted octanol–water partition coefficient (Wildman–Crippen LogP) is 6.92. The first kappa shape index (κ1) is 25.2. The molecule has 0 spiro atoms. The summed E-state index contributed by atoms with van der Waals surface area (Å²) in [5.41, 5.74) is 1.88. The van der Waals surface area contributed by atoms with Crippen LogP contribution in [0.5, 0.6) is 5.75 Å². The number of dihydropyridines is 1. The van der Waals surface area contributed by atoms with Gasteiger partial charge in [-0.25, -0.2) is 4.79 Å². The van der Waals surface area contributed by atoms with E-state index < -0.39 is 23.8 Å². The van der Waals surface area contributed by atoms with Crippen molar-refractivity contribution in [2.45, 2.75) is 46.4 Å². The molecular weight excluding hydrogens is 447 g/mol. The largest absolute Gasteiger partial charge is 0.513 e. The lowest BCUT2D eigenvalue weighted by atomic mass is 9.92. The molecule has 0 amide bonds. The fraction of sp³-hybridized carbons (Fsp3) is 0.346. The summed E-state index contributed by atoms with van der Waals surface area (Å²) in [7, 11) is 0. The highest BCUT2D eigenvalue weighted by molar-refractivity contribution is 5.63. The number of rotatable bonds is 7. The molecule has 182 valence electrons. The molecule has 1 aliphatic rings. The Morgan fingerprint density at radius 2 is 1.82 bits per heavy atom. The molecule has 2 aromatic rings. The van der Waals surface area contributed by atoms with Gasteiger partial charge in [0, 0.05) is 11.3 Å². The standard InChI is InChI=1S/C26H28F3NO4/c1-16(2)14-33-25(31)34-24-18(4)30-17(3)12-22(24)21-10-5-6-11-23(21)32-15-19-8-7-9-20(13-19)26(27,28)29/h5-13,16,22,30H,14-15H2,1-4H3. The molecule has 1 unspecified atom stereocenters. The van der Waals surface area contributed by atoms with Gasteiger partial charge in [-0.2, -0.15) is 13.2 Å². The number of alkyl halides is 3. The highest BCUT2D eigenvalue weighted by Gasteiger charge is 2.31. The number of hydrogen-bond donors (Lipinski definition) is 1. The molecule has 0 aliphatic carbocycles. The Bertz CT molecular complexity index is 1090. The van der Waals surface area contributed by atoms with Gasteiger partial charge >= 0.3 is 12.3 Å². The van der Waals surface area contributed by atoms with Gasteiger partial charge < -0.3 is 19.5 Å². The maximum atomic E-state index is 13.0. The zero-order chi connectivity index (χ0) is 24.9. The first-order valence-electron chi connectivity index (χ1n) is 10.9. The molecule has 0 aromatic heterocycles. The molecule has 0 fully saturated rings. The van der Waals surface area contributed by atoms with Crippen molar-refractivity contribution < 1.29 is 32.2 Å². The van der Waals surface area contributed by atoms with Crippen molar-refractivity contribution in [2.75, 3.05) is 6.61 Å². The molecule has 5 nitrogen and oxygen atoms in total. The molecule has 3 rings (SSSR count). The van der Waals surface area contributed by atoms with E-state index in [1.54, 1.807) is 25.1 Å². The second kappa shape index (κ2) is 10.7. The molecule has 1 N–H and O–H groups in total. The Balaban J connectivity index is 1.84. The summed E-state index contributed by atoms with van der Waals surface area (Å²) in [6, 6.07) is 12.2. The summed E-state index contributed by atoms with van der Waals surface area (Å²) in [5.74, 6) is 0.551. The Hall–Kier alpha value is -3.42. The number of benzene rings is 2. The fourth-order valence-corrected chi connectivity index (χ4v) is 3.55. The molecule has 34 heavy (non-hydrogen) atoms. The lowest BCUT2D eigenvalue weighted by Crippen LogP contribution is -2.24. The van der Waals surface area contributed by atoms with Gasteiger partial charge in [0.2, 0.25) is 0 Å². The normalized spacial score (nSPS) is 16.1. The molecule has 0 saturated carbocycles. The smallest absolute Gasteiger partial charge is 0.489 e. The number of nitrogens with one attached hydrogen (secondary N) is 1. The van der Waals surface area contributed by atoms with E-state index in [4.69, 9.17) is 14.2 Å². The monoisotopic (exact) mass is 475 g/mol. The Morgan fingerprint density at radius 3 is 2.53 bits per heavy atom. The molecule has 0 bridgehead atoms. The third kappa shape index (κ3) is 6.56. The summed E-state index contributed by atoms with van der Waals surface area (Å²) in [6.45, 7) is 7.70. The molecular formula is C26H28F3NO4. The molecule has 1 heterocycles. The number of carbonyl (C=O) groups is 1. The van der Waals surface area contributed by atoms with E-state index in [0.29, 0.717) is 28.3 Å². The topological polar surface area (TPSA) is 56.8 Å². The minimum atomic E-state index is -4.43. The second-order valence-corrected chi connectivity index (χ2v) is 8.52. The van der Waals surface area contributed by atoms with E-state index in [1.165, 1.54) is 6.07 Å². The van der Waals surface area contributed by atoms with Gasteiger partial charge in [0.05, 0.1) is 23.8 Å². The van der Waals surface area contributed by atoms with E-state index in [2.05, 4.69) is 5.32 Å². The lowest BCUT2D eigenvalue weighted by Gasteiger charge is -2.27. The van der Waals surface area contributed by atoms with Crippen LogP contribution >= 0.6 is 0 Å². The van der Waals surface area contributed by atoms with E-state index in [-0.39, 0.29) is 19.1 Å². The van der Waals surface area contributed by atoms with Gasteiger partial charge in [-0.05, 0) is 43.5 Å². The SMILES string of the molecule is CC1=CC(c2ccccc2OCc2cccc(C(F)(F)F)c2)C(OC(=O)OCC(C)C)=C(C)N1. The van der Waals surface area contributed by atoms with Crippen molar-refractivity contribution in [1.82, 2.24) is 5.32 Å². The van der Waals surface area contributed by atoms with E-state index >= 15 is 0 Å².